The molecule has 2 rings (SSSR count). The summed E-state index contributed by atoms with van der Waals surface area (Å²) in [5.74, 6) is -0.925. The summed E-state index contributed by atoms with van der Waals surface area (Å²) >= 11 is 0. The van der Waals surface area contributed by atoms with Crippen molar-refractivity contribution in [2.75, 3.05) is 0 Å². The predicted molar refractivity (Wildman–Crippen MR) is 61.7 cm³/mol. The first-order chi connectivity index (χ1) is 8.87. The molecule has 0 saturated heterocycles. The van der Waals surface area contributed by atoms with Gasteiger partial charge in [-0.3, -0.25) is 4.79 Å². The van der Waals surface area contributed by atoms with Gasteiger partial charge in [-0.15, -0.1) is 0 Å². The molecule has 0 bridgehead atoms. The number of hydrogen-bond acceptors (Lipinski definition) is 2. The van der Waals surface area contributed by atoms with Gasteiger partial charge >= 0.3 is 12.1 Å². The van der Waals surface area contributed by atoms with E-state index in [2.05, 4.69) is 4.98 Å². The molecule has 1 heterocycles. The second-order valence-corrected chi connectivity index (χ2v) is 4.11. The Morgan fingerprint density at radius 3 is 2.63 bits per heavy atom. The van der Waals surface area contributed by atoms with Gasteiger partial charge in [0.05, 0.1) is 17.5 Å². The maximum atomic E-state index is 12.6. The highest BCUT2D eigenvalue weighted by Crippen LogP contribution is 2.24. The summed E-state index contributed by atoms with van der Waals surface area (Å²) in [6, 6.07) is 6.44. The summed E-state index contributed by atoms with van der Waals surface area (Å²) in [5, 5.41) is 8.61. The monoisotopic (exact) mass is 272 g/mol. The number of benzene rings is 1. The first-order valence-electron chi connectivity index (χ1n) is 5.59. The van der Waals surface area contributed by atoms with Gasteiger partial charge in [0.15, 0.2) is 0 Å². The van der Waals surface area contributed by atoms with E-state index in [9.17, 15) is 18.0 Å². The summed E-state index contributed by atoms with van der Waals surface area (Å²) < 4.78 is 38.7. The normalized spacial score (nSPS) is 11.9. The number of imidazole rings is 1. The summed E-state index contributed by atoms with van der Waals surface area (Å²) in [5.41, 5.74) is 0.798. The molecule has 19 heavy (non-hydrogen) atoms. The van der Waals surface area contributed by atoms with E-state index in [1.54, 1.807) is 24.3 Å². The molecule has 0 aliphatic carbocycles. The van der Waals surface area contributed by atoms with Gasteiger partial charge in [0, 0.05) is 6.42 Å². The Kier molecular flexibility index (Phi) is 3.46. The van der Waals surface area contributed by atoms with Crippen LogP contribution in [0.15, 0.2) is 24.3 Å². The molecule has 0 saturated carbocycles. The molecule has 1 aromatic heterocycles. The van der Waals surface area contributed by atoms with E-state index in [1.165, 1.54) is 0 Å². The average molecular weight is 272 g/mol. The van der Waals surface area contributed by atoms with Crippen LogP contribution in [0.25, 0.3) is 11.0 Å². The standard InChI is InChI=1S/C12H11F3N2O2/c13-12(14,15)7-17-9-4-2-1-3-8(9)16-10(17)5-6-11(18)19/h1-4H,5-7H2,(H,18,19). The lowest BCUT2D eigenvalue weighted by molar-refractivity contribution is -0.140. The quantitative estimate of drug-likeness (QED) is 0.930. The highest BCUT2D eigenvalue weighted by atomic mass is 19.4. The lowest BCUT2D eigenvalue weighted by atomic mass is 10.3. The van der Waals surface area contributed by atoms with Gasteiger partial charge in [-0.05, 0) is 12.1 Å². The van der Waals surface area contributed by atoms with Crippen molar-refractivity contribution in [2.24, 2.45) is 0 Å². The lowest BCUT2D eigenvalue weighted by Gasteiger charge is -2.11. The van der Waals surface area contributed by atoms with E-state index in [1.807, 2.05) is 0 Å². The molecule has 0 spiro atoms. The summed E-state index contributed by atoms with van der Waals surface area (Å²) in [7, 11) is 0. The number of aliphatic carboxylic acids is 1. The lowest BCUT2D eigenvalue weighted by Crippen LogP contribution is -2.19. The molecule has 1 aromatic carbocycles. The number of para-hydroxylation sites is 2. The van der Waals surface area contributed by atoms with Crippen molar-refractivity contribution in [1.82, 2.24) is 9.55 Å². The van der Waals surface area contributed by atoms with Crippen molar-refractivity contribution in [2.45, 2.75) is 25.6 Å². The number of aromatic nitrogens is 2. The minimum absolute atomic E-state index is 0.0277. The van der Waals surface area contributed by atoms with E-state index in [0.29, 0.717) is 11.0 Å². The fourth-order valence-corrected chi connectivity index (χ4v) is 1.89. The molecule has 0 unspecified atom stereocenters. The van der Waals surface area contributed by atoms with Gasteiger partial charge < -0.3 is 9.67 Å². The van der Waals surface area contributed by atoms with E-state index in [-0.39, 0.29) is 18.7 Å². The molecule has 0 atom stereocenters. The number of aryl methyl sites for hydroxylation is 1. The molecule has 0 amide bonds. The number of nitrogens with zero attached hydrogens (tertiary/aromatic N) is 2. The third-order valence-corrected chi connectivity index (χ3v) is 2.63. The van der Waals surface area contributed by atoms with E-state index in [0.717, 1.165) is 4.57 Å². The Morgan fingerprint density at radius 2 is 2.00 bits per heavy atom. The molecule has 1 N–H and O–H groups in total. The van der Waals surface area contributed by atoms with E-state index >= 15 is 0 Å². The fourth-order valence-electron chi connectivity index (χ4n) is 1.89. The van der Waals surface area contributed by atoms with Gasteiger partial charge in [0.25, 0.3) is 0 Å². The Morgan fingerprint density at radius 1 is 1.32 bits per heavy atom. The number of rotatable bonds is 4. The Hall–Kier alpha value is -2.05. The first kappa shape index (κ1) is 13.4. The third kappa shape index (κ3) is 3.24. The van der Waals surface area contributed by atoms with Crippen molar-refractivity contribution < 1.29 is 23.1 Å². The number of carboxylic acids is 1. The largest absolute Gasteiger partial charge is 0.481 e. The van der Waals surface area contributed by atoms with Gasteiger partial charge in [0.1, 0.15) is 12.4 Å². The van der Waals surface area contributed by atoms with Crippen LogP contribution in [0.3, 0.4) is 0 Å². The van der Waals surface area contributed by atoms with Gasteiger partial charge in [-0.1, -0.05) is 12.1 Å². The first-order valence-corrected chi connectivity index (χ1v) is 5.59. The van der Waals surface area contributed by atoms with Crippen molar-refractivity contribution in [3.63, 3.8) is 0 Å². The molecule has 7 heteroatoms. The second-order valence-electron chi connectivity index (χ2n) is 4.11. The highest BCUT2D eigenvalue weighted by Gasteiger charge is 2.30. The van der Waals surface area contributed by atoms with Crippen LogP contribution in [0, 0.1) is 0 Å². The van der Waals surface area contributed by atoms with E-state index in [4.69, 9.17) is 5.11 Å². The number of halogens is 3. The molecular formula is C12H11F3N2O2. The van der Waals surface area contributed by atoms with Crippen LogP contribution in [0.2, 0.25) is 0 Å². The predicted octanol–water partition coefficient (Wildman–Crippen LogP) is 2.62. The number of carboxylic acid groups (broad SMARTS) is 1. The summed E-state index contributed by atoms with van der Waals surface area (Å²) in [4.78, 5) is 14.6. The number of hydrogen-bond donors (Lipinski definition) is 1. The van der Waals surface area contributed by atoms with Crippen LogP contribution in [0.5, 0.6) is 0 Å². The number of alkyl halides is 3. The molecule has 0 aliphatic rings. The average Bonchev–Trinajstić information content (AvgIpc) is 2.63. The van der Waals surface area contributed by atoms with Crippen LogP contribution in [-0.2, 0) is 17.8 Å². The highest BCUT2D eigenvalue weighted by molar-refractivity contribution is 5.76. The zero-order valence-electron chi connectivity index (χ0n) is 9.81. The van der Waals surface area contributed by atoms with Crippen LogP contribution in [-0.4, -0.2) is 26.8 Å². The number of fused-ring (bicyclic) bond motifs is 1. The van der Waals surface area contributed by atoms with Crippen LogP contribution >= 0.6 is 0 Å². The van der Waals surface area contributed by atoms with Crippen molar-refractivity contribution in [1.29, 1.82) is 0 Å². The zero-order chi connectivity index (χ0) is 14.0. The van der Waals surface area contributed by atoms with Crippen LogP contribution in [0.1, 0.15) is 12.2 Å². The molecule has 0 aliphatic heterocycles. The third-order valence-electron chi connectivity index (χ3n) is 2.63. The molecule has 0 fully saturated rings. The van der Waals surface area contributed by atoms with E-state index < -0.39 is 18.7 Å². The SMILES string of the molecule is O=C(O)CCc1nc2ccccc2n1CC(F)(F)F. The minimum atomic E-state index is -4.37. The molecule has 0 radical (unpaired) electrons. The smallest absolute Gasteiger partial charge is 0.406 e. The molecular weight excluding hydrogens is 261 g/mol. The van der Waals surface area contributed by atoms with Gasteiger partial charge in [-0.25, -0.2) is 4.98 Å². The van der Waals surface area contributed by atoms with Crippen LogP contribution < -0.4 is 0 Å². The zero-order valence-corrected chi connectivity index (χ0v) is 9.81. The Labute approximate surface area is 106 Å². The van der Waals surface area contributed by atoms with Crippen molar-refractivity contribution in [3.05, 3.63) is 30.1 Å². The Bertz CT molecular complexity index is 605. The van der Waals surface area contributed by atoms with Crippen molar-refractivity contribution in [3.8, 4) is 0 Å². The van der Waals surface area contributed by atoms with Crippen molar-refractivity contribution >= 4 is 17.0 Å². The minimum Gasteiger partial charge on any atom is -0.481 e. The molecule has 2 aromatic rings. The maximum absolute atomic E-state index is 12.6. The molecule has 102 valence electrons. The van der Waals surface area contributed by atoms with Crippen LogP contribution in [0.4, 0.5) is 13.2 Å². The molecule has 4 nitrogen and oxygen atoms in total. The topological polar surface area (TPSA) is 55.1 Å². The Balaban J connectivity index is 2.42. The summed E-state index contributed by atoms with van der Waals surface area (Å²) in [6.07, 6.45) is -4.65. The fraction of sp³-hybridized carbons (Fsp3) is 0.333. The van der Waals surface area contributed by atoms with Gasteiger partial charge in [0.2, 0.25) is 0 Å². The maximum Gasteiger partial charge on any atom is 0.406 e. The number of carbonyl (C=O) groups is 1. The van der Waals surface area contributed by atoms with Gasteiger partial charge in [-0.2, -0.15) is 13.2 Å². The second kappa shape index (κ2) is 4.91. The summed E-state index contributed by atoms with van der Waals surface area (Å²) in [6.45, 7) is -1.16.